The quantitative estimate of drug-likeness (QED) is 0.712. The molecule has 1 fully saturated rings. The number of hydrogen-bond donors (Lipinski definition) is 0. The highest BCUT2D eigenvalue weighted by molar-refractivity contribution is 5.46. The molecule has 0 aliphatic heterocycles. The maximum atomic E-state index is 5.91. The predicted molar refractivity (Wildman–Crippen MR) is 71.2 cm³/mol. The van der Waals surface area contributed by atoms with Crippen molar-refractivity contribution in [1.29, 1.82) is 0 Å². The minimum Gasteiger partial charge on any atom is -0.492 e. The van der Waals surface area contributed by atoms with E-state index in [0.717, 1.165) is 23.8 Å². The number of hydrogen-bond acceptors (Lipinski definition) is 1. The third-order valence-electron chi connectivity index (χ3n) is 3.49. The zero-order valence-electron chi connectivity index (χ0n) is 10.5. The molecule has 0 aromatic heterocycles. The first-order valence-electron chi connectivity index (χ1n) is 6.49. The second kappa shape index (κ2) is 5.77. The average Bonchev–Trinajstić information content (AvgIpc) is 2.38. The molecule has 1 aromatic rings. The molecule has 1 aromatic carbocycles. The summed E-state index contributed by atoms with van der Waals surface area (Å²) in [7, 11) is 0. The highest BCUT2D eigenvalue weighted by atomic mass is 16.5. The first-order valence-corrected chi connectivity index (χ1v) is 6.49. The monoisotopic (exact) mass is 228 g/mol. The molecule has 0 atom stereocenters. The molecule has 0 bridgehead atoms. The molecular formula is C16H20O. The molecule has 0 radical (unpaired) electrons. The Morgan fingerprint density at radius 3 is 2.76 bits per heavy atom. The van der Waals surface area contributed by atoms with E-state index >= 15 is 0 Å². The van der Waals surface area contributed by atoms with Crippen LogP contribution in [0.3, 0.4) is 0 Å². The lowest BCUT2D eigenvalue weighted by Crippen LogP contribution is -2.15. The Hall–Kier alpha value is -1.42. The molecule has 1 aliphatic rings. The Labute approximate surface area is 104 Å². The van der Waals surface area contributed by atoms with Crippen LogP contribution in [0.25, 0.3) is 0 Å². The van der Waals surface area contributed by atoms with Gasteiger partial charge in [0.25, 0.3) is 0 Å². The van der Waals surface area contributed by atoms with Crippen molar-refractivity contribution in [2.24, 2.45) is 5.92 Å². The minimum absolute atomic E-state index is 0.717. The van der Waals surface area contributed by atoms with Gasteiger partial charge in [-0.1, -0.05) is 31.2 Å². The first kappa shape index (κ1) is 12.0. The Bertz CT molecular complexity index is 408. The summed E-state index contributed by atoms with van der Waals surface area (Å²) in [5, 5.41) is 0. The maximum Gasteiger partial charge on any atom is 0.135 e. The summed E-state index contributed by atoms with van der Waals surface area (Å²) in [4.78, 5) is 0. The summed E-state index contributed by atoms with van der Waals surface area (Å²) in [6, 6.07) is 6.03. The lowest BCUT2D eigenvalue weighted by atomic mass is 9.90. The molecule has 1 heteroatoms. The zero-order chi connectivity index (χ0) is 12.1. The van der Waals surface area contributed by atoms with E-state index in [9.17, 15) is 0 Å². The van der Waals surface area contributed by atoms with Crippen molar-refractivity contribution in [3.8, 4) is 18.1 Å². The summed E-state index contributed by atoms with van der Waals surface area (Å²) >= 11 is 0. The van der Waals surface area contributed by atoms with Crippen molar-refractivity contribution < 1.29 is 4.74 Å². The number of ether oxygens (including phenoxy) is 1. The van der Waals surface area contributed by atoms with Gasteiger partial charge in [-0.05, 0) is 43.4 Å². The fourth-order valence-electron chi connectivity index (χ4n) is 2.43. The summed E-state index contributed by atoms with van der Waals surface area (Å²) in [6.07, 6.45) is 12.2. The van der Waals surface area contributed by atoms with Crippen LogP contribution in [0.5, 0.6) is 5.75 Å². The normalized spacial score (nSPS) is 16.5. The van der Waals surface area contributed by atoms with E-state index in [-0.39, 0.29) is 0 Å². The van der Waals surface area contributed by atoms with Gasteiger partial charge < -0.3 is 4.74 Å². The highest BCUT2D eigenvalue weighted by Crippen LogP contribution is 2.26. The fourth-order valence-corrected chi connectivity index (χ4v) is 2.43. The molecule has 0 spiro atoms. The largest absolute Gasteiger partial charge is 0.492 e. The molecule has 0 unspecified atom stereocenters. The molecular weight excluding hydrogens is 208 g/mol. The van der Waals surface area contributed by atoms with E-state index in [1.165, 1.54) is 37.7 Å². The van der Waals surface area contributed by atoms with Gasteiger partial charge in [0, 0.05) is 0 Å². The predicted octanol–water partition coefficient (Wildman–Crippen LogP) is 3.94. The Morgan fingerprint density at radius 2 is 2.06 bits per heavy atom. The number of rotatable bonds is 3. The van der Waals surface area contributed by atoms with Crippen molar-refractivity contribution in [3.63, 3.8) is 0 Å². The lowest BCUT2D eigenvalue weighted by molar-refractivity contribution is 0.208. The summed E-state index contributed by atoms with van der Waals surface area (Å²) < 4.78 is 5.91. The summed E-state index contributed by atoms with van der Waals surface area (Å²) in [6.45, 7) is 2.88. The molecule has 2 rings (SSSR count). The zero-order valence-corrected chi connectivity index (χ0v) is 10.5. The second-order valence-electron chi connectivity index (χ2n) is 4.96. The van der Waals surface area contributed by atoms with Gasteiger partial charge in [0.15, 0.2) is 0 Å². The topological polar surface area (TPSA) is 9.23 Å². The average molecular weight is 228 g/mol. The number of aryl methyl sites for hydroxylation is 1. The van der Waals surface area contributed by atoms with Crippen molar-refractivity contribution in [2.75, 3.05) is 6.61 Å². The number of terminal acetylenes is 1. The van der Waals surface area contributed by atoms with Gasteiger partial charge in [-0.25, -0.2) is 0 Å². The maximum absolute atomic E-state index is 5.91. The molecule has 0 N–H and O–H groups in total. The van der Waals surface area contributed by atoms with Crippen LogP contribution in [0.15, 0.2) is 18.2 Å². The van der Waals surface area contributed by atoms with E-state index in [0.29, 0.717) is 0 Å². The molecule has 0 amide bonds. The van der Waals surface area contributed by atoms with Gasteiger partial charge in [-0.3, -0.25) is 0 Å². The molecule has 0 heterocycles. The van der Waals surface area contributed by atoms with E-state index in [1.807, 2.05) is 18.2 Å². The van der Waals surface area contributed by atoms with Crippen LogP contribution in [0.1, 0.15) is 43.2 Å². The van der Waals surface area contributed by atoms with Crippen LogP contribution < -0.4 is 4.74 Å². The van der Waals surface area contributed by atoms with Crippen molar-refractivity contribution in [1.82, 2.24) is 0 Å². The van der Waals surface area contributed by atoms with E-state index in [1.54, 1.807) is 0 Å². The van der Waals surface area contributed by atoms with E-state index in [4.69, 9.17) is 11.2 Å². The van der Waals surface area contributed by atoms with Crippen molar-refractivity contribution in [3.05, 3.63) is 29.3 Å². The standard InChI is InChI=1S/C16H20O/c1-3-15-10-9-13(2)11-16(15)17-12-14-7-5-4-6-8-14/h1,9-11,14H,4-8,12H2,2H3. The van der Waals surface area contributed by atoms with Crippen LogP contribution in [-0.4, -0.2) is 6.61 Å². The molecule has 17 heavy (non-hydrogen) atoms. The lowest BCUT2D eigenvalue weighted by Gasteiger charge is -2.22. The third-order valence-corrected chi connectivity index (χ3v) is 3.49. The smallest absolute Gasteiger partial charge is 0.135 e. The fraction of sp³-hybridized carbons (Fsp3) is 0.500. The summed E-state index contributed by atoms with van der Waals surface area (Å²) in [5.74, 6) is 4.28. The Balaban J connectivity index is 1.98. The Morgan fingerprint density at radius 1 is 1.29 bits per heavy atom. The molecule has 1 nitrogen and oxygen atoms in total. The van der Waals surface area contributed by atoms with E-state index < -0.39 is 0 Å². The van der Waals surface area contributed by atoms with Crippen LogP contribution >= 0.6 is 0 Å². The van der Waals surface area contributed by atoms with Crippen LogP contribution in [0, 0.1) is 25.2 Å². The van der Waals surface area contributed by atoms with Gasteiger partial charge in [0.05, 0.1) is 12.2 Å². The first-order chi connectivity index (χ1) is 8.29. The summed E-state index contributed by atoms with van der Waals surface area (Å²) in [5.41, 5.74) is 2.06. The van der Waals surface area contributed by atoms with Crippen LogP contribution in [-0.2, 0) is 0 Å². The third kappa shape index (κ3) is 3.27. The minimum atomic E-state index is 0.717. The SMILES string of the molecule is C#Cc1ccc(C)cc1OCC1CCCCC1. The molecule has 0 saturated heterocycles. The van der Waals surface area contributed by atoms with Gasteiger partial charge >= 0.3 is 0 Å². The molecule has 90 valence electrons. The second-order valence-corrected chi connectivity index (χ2v) is 4.96. The van der Waals surface area contributed by atoms with Crippen LogP contribution in [0.4, 0.5) is 0 Å². The molecule has 1 aliphatic carbocycles. The number of benzene rings is 1. The van der Waals surface area contributed by atoms with Crippen molar-refractivity contribution >= 4 is 0 Å². The van der Waals surface area contributed by atoms with Gasteiger partial charge in [-0.15, -0.1) is 6.42 Å². The van der Waals surface area contributed by atoms with Crippen molar-refractivity contribution in [2.45, 2.75) is 39.0 Å². The van der Waals surface area contributed by atoms with Gasteiger partial charge in [0.1, 0.15) is 5.75 Å². The van der Waals surface area contributed by atoms with E-state index in [2.05, 4.69) is 12.8 Å². The highest BCUT2D eigenvalue weighted by Gasteiger charge is 2.14. The van der Waals surface area contributed by atoms with Gasteiger partial charge in [0.2, 0.25) is 0 Å². The van der Waals surface area contributed by atoms with Crippen LogP contribution in [0.2, 0.25) is 0 Å². The van der Waals surface area contributed by atoms with Gasteiger partial charge in [-0.2, -0.15) is 0 Å². The molecule has 1 saturated carbocycles. The Kier molecular flexibility index (Phi) is 4.09.